The van der Waals surface area contributed by atoms with Crippen molar-refractivity contribution in [3.8, 4) is 0 Å². The molecule has 0 aliphatic heterocycles. The van der Waals surface area contributed by atoms with Crippen molar-refractivity contribution in [2.24, 2.45) is 5.73 Å². The number of rotatable bonds is 5. The van der Waals surface area contributed by atoms with Crippen LogP contribution < -0.4 is 11.1 Å². The molecule has 1 unspecified atom stereocenters. The third-order valence-corrected chi connectivity index (χ3v) is 3.75. The van der Waals surface area contributed by atoms with Crippen molar-refractivity contribution >= 4 is 21.8 Å². The summed E-state index contributed by atoms with van der Waals surface area (Å²) in [7, 11) is 0. The van der Waals surface area contributed by atoms with E-state index in [4.69, 9.17) is 5.73 Å². The van der Waals surface area contributed by atoms with Gasteiger partial charge in [0.15, 0.2) is 0 Å². The van der Waals surface area contributed by atoms with E-state index in [0.717, 1.165) is 5.56 Å². The third-order valence-electron chi connectivity index (χ3n) is 3.25. The minimum Gasteiger partial charge on any atom is -0.366 e. The van der Waals surface area contributed by atoms with E-state index in [-0.39, 0.29) is 11.9 Å². The number of hydrogen-bond acceptors (Lipinski definition) is 2. The molecule has 0 saturated heterocycles. The van der Waals surface area contributed by atoms with E-state index >= 15 is 0 Å². The van der Waals surface area contributed by atoms with Gasteiger partial charge in [-0.25, -0.2) is 4.39 Å². The van der Waals surface area contributed by atoms with Crippen LogP contribution in [-0.2, 0) is 6.54 Å². The molecule has 1 atom stereocenters. The predicted octanol–water partition coefficient (Wildman–Crippen LogP) is 3.54. The van der Waals surface area contributed by atoms with Crippen LogP contribution in [0.5, 0.6) is 0 Å². The van der Waals surface area contributed by atoms with E-state index in [0.29, 0.717) is 22.1 Å². The lowest BCUT2D eigenvalue weighted by atomic mass is 10.1. The molecule has 0 spiro atoms. The van der Waals surface area contributed by atoms with Gasteiger partial charge in [-0.15, -0.1) is 0 Å². The number of nitrogens with two attached hydrogens (primary N) is 1. The molecule has 110 valence electrons. The summed E-state index contributed by atoms with van der Waals surface area (Å²) >= 11 is 3.24. The average molecular weight is 351 g/mol. The fourth-order valence-electron chi connectivity index (χ4n) is 2.07. The Morgan fingerprint density at radius 3 is 2.76 bits per heavy atom. The van der Waals surface area contributed by atoms with Gasteiger partial charge in [0, 0.05) is 28.2 Å². The molecule has 0 aromatic heterocycles. The highest BCUT2D eigenvalue weighted by Gasteiger charge is 2.11. The zero-order chi connectivity index (χ0) is 15.4. The van der Waals surface area contributed by atoms with Crippen molar-refractivity contribution in [3.05, 3.63) is 69.4 Å². The SMILES string of the molecule is CC(NCc1cccc(C(N)=O)c1)c1ccc(Br)cc1F. The lowest BCUT2D eigenvalue weighted by Gasteiger charge is -2.15. The first-order chi connectivity index (χ1) is 9.97. The Labute approximate surface area is 131 Å². The number of hydrogen-bond donors (Lipinski definition) is 2. The van der Waals surface area contributed by atoms with Gasteiger partial charge < -0.3 is 11.1 Å². The zero-order valence-corrected chi connectivity index (χ0v) is 13.2. The molecule has 3 nitrogen and oxygen atoms in total. The number of amides is 1. The van der Waals surface area contributed by atoms with Gasteiger partial charge in [0.1, 0.15) is 5.82 Å². The maximum absolute atomic E-state index is 13.9. The fraction of sp³-hybridized carbons (Fsp3) is 0.188. The minimum atomic E-state index is -0.455. The maximum Gasteiger partial charge on any atom is 0.248 e. The molecule has 3 N–H and O–H groups in total. The first kappa shape index (κ1) is 15.7. The number of benzene rings is 2. The van der Waals surface area contributed by atoms with Crippen molar-refractivity contribution in [1.29, 1.82) is 0 Å². The summed E-state index contributed by atoms with van der Waals surface area (Å²) in [6.07, 6.45) is 0. The van der Waals surface area contributed by atoms with E-state index in [1.54, 1.807) is 24.3 Å². The van der Waals surface area contributed by atoms with Gasteiger partial charge in [0.25, 0.3) is 0 Å². The first-order valence-corrected chi connectivity index (χ1v) is 7.33. The van der Waals surface area contributed by atoms with Crippen molar-refractivity contribution in [1.82, 2.24) is 5.32 Å². The number of carbonyl (C=O) groups is 1. The molecule has 0 bridgehead atoms. The van der Waals surface area contributed by atoms with Gasteiger partial charge in [-0.2, -0.15) is 0 Å². The van der Waals surface area contributed by atoms with Crippen LogP contribution in [0.3, 0.4) is 0 Å². The standard InChI is InChI=1S/C16H16BrFN2O/c1-10(14-6-5-13(17)8-15(14)18)20-9-11-3-2-4-12(7-11)16(19)21/h2-8,10,20H,9H2,1H3,(H2,19,21). The molecule has 2 rings (SSSR count). The van der Waals surface area contributed by atoms with E-state index < -0.39 is 5.91 Å². The predicted molar refractivity (Wildman–Crippen MR) is 84.3 cm³/mol. The fourth-order valence-corrected chi connectivity index (χ4v) is 2.40. The Morgan fingerprint density at radius 1 is 1.33 bits per heavy atom. The van der Waals surface area contributed by atoms with Crippen molar-refractivity contribution < 1.29 is 9.18 Å². The second-order valence-electron chi connectivity index (χ2n) is 4.83. The lowest BCUT2D eigenvalue weighted by molar-refractivity contribution is 0.1000. The number of carbonyl (C=O) groups excluding carboxylic acids is 1. The Morgan fingerprint density at radius 2 is 2.10 bits per heavy atom. The van der Waals surface area contributed by atoms with E-state index in [2.05, 4.69) is 21.2 Å². The van der Waals surface area contributed by atoms with Crippen molar-refractivity contribution in [3.63, 3.8) is 0 Å². The van der Waals surface area contributed by atoms with Crippen LogP contribution in [0.4, 0.5) is 4.39 Å². The quantitative estimate of drug-likeness (QED) is 0.866. The second kappa shape index (κ2) is 6.83. The zero-order valence-electron chi connectivity index (χ0n) is 11.6. The molecule has 1 amide bonds. The molecule has 0 radical (unpaired) electrons. The Kier molecular flexibility index (Phi) is 5.09. The minimum absolute atomic E-state index is 0.143. The Bertz CT molecular complexity index is 660. The van der Waals surface area contributed by atoms with Crippen molar-refractivity contribution in [2.75, 3.05) is 0 Å². The molecular formula is C16H16BrFN2O. The van der Waals surface area contributed by atoms with Crippen molar-refractivity contribution in [2.45, 2.75) is 19.5 Å². The van der Waals surface area contributed by atoms with Gasteiger partial charge >= 0.3 is 0 Å². The molecule has 0 fully saturated rings. The average Bonchev–Trinajstić information content (AvgIpc) is 2.45. The molecule has 5 heteroatoms. The summed E-state index contributed by atoms with van der Waals surface area (Å²) in [6.45, 7) is 2.42. The normalized spacial score (nSPS) is 12.1. The topological polar surface area (TPSA) is 55.1 Å². The molecule has 21 heavy (non-hydrogen) atoms. The monoisotopic (exact) mass is 350 g/mol. The van der Waals surface area contributed by atoms with Gasteiger partial charge in [-0.3, -0.25) is 4.79 Å². The van der Waals surface area contributed by atoms with Crippen LogP contribution in [0.25, 0.3) is 0 Å². The smallest absolute Gasteiger partial charge is 0.248 e. The largest absolute Gasteiger partial charge is 0.366 e. The van der Waals surface area contributed by atoms with Crippen LogP contribution >= 0.6 is 15.9 Å². The van der Waals surface area contributed by atoms with E-state index in [9.17, 15) is 9.18 Å². The molecule has 2 aromatic rings. The highest BCUT2D eigenvalue weighted by molar-refractivity contribution is 9.10. The summed E-state index contributed by atoms with van der Waals surface area (Å²) < 4.78 is 14.6. The summed E-state index contributed by atoms with van der Waals surface area (Å²) in [5.74, 6) is -0.709. The molecule has 0 heterocycles. The van der Waals surface area contributed by atoms with E-state index in [1.165, 1.54) is 6.07 Å². The lowest BCUT2D eigenvalue weighted by Crippen LogP contribution is -2.19. The molecule has 2 aromatic carbocycles. The summed E-state index contributed by atoms with van der Waals surface area (Å²) in [5.41, 5.74) is 7.25. The second-order valence-corrected chi connectivity index (χ2v) is 5.75. The third kappa shape index (κ3) is 4.12. The first-order valence-electron chi connectivity index (χ1n) is 6.54. The number of primary amides is 1. The summed E-state index contributed by atoms with van der Waals surface area (Å²) in [6, 6.07) is 11.9. The number of nitrogens with one attached hydrogen (secondary N) is 1. The van der Waals surface area contributed by atoms with Gasteiger partial charge in [-0.1, -0.05) is 34.1 Å². The van der Waals surface area contributed by atoms with Gasteiger partial charge in [0.2, 0.25) is 5.91 Å². The highest BCUT2D eigenvalue weighted by atomic mass is 79.9. The van der Waals surface area contributed by atoms with E-state index in [1.807, 2.05) is 19.1 Å². The van der Waals surface area contributed by atoms with Gasteiger partial charge in [0.05, 0.1) is 0 Å². The molecule has 0 aliphatic carbocycles. The molecule has 0 aliphatic rings. The highest BCUT2D eigenvalue weighted by Crippen LogP contribution is 2.21. The molecule has 0 saturated carbocycles. The van der Waals surface area contributed by atoms with Crippen LogP contribution in [0.1, 0.15) is 34.5 Å². The Balaban J connectivity index is 2.05. The van der Waals surface area contributed by atoms with Crippen LogP contribution in [0, 0.1) is 5.82 Å². The summed E-state index contributed by atoms with van der Waals surface area (Å²) in [5, 5.41) is 3.23. The Hall–Kier alpha value is -1.72. The summed E-state index contributed by atoms with van der Waals surface area (Å²) in [4.78, 5) is 11.1. The number of halogens is 2. The van der Waals surface area contributed by atoms with Crippen LogP contribution in [-0.4, -0.2) is 5.91 Å². The maximum atomic E-state index is 13.9. The molecular weight excluding hydrogens is 335 g/mol. The van der Waals surface area contributed by atoms with Gasteiger partial charge in [-0.05, 0) is 36.8 Å². The van der Waals surface area contributed by atoms with Crippen LogP contribution in [0.15, 0.2) is 46.9 Å². The van der Waals surface area contributed by atoms with Crippen LogP contribution in [0.2, 0.25) is 0 Å².